The van der Waals surface area contributed by atoms with Crippen LogP contribution >= 0.6 is 11.6 Å². The maximum Gasteiger partial charge on any atom is 0.290 e. The van der Waals surface area contributed by atoms with Crippen LogP contribution in [0, 0.1) is 13.8 Å². The first-order chi connectivity index (χ1) is 17.3. The number of ether oxygens (including phenoxy) is 2. The Hall–Kier alpha value is -3.77. The van der Waals surface area contributed by atoms with Crippen LogP contribution in [0.3, 0.4) is 0 Å². The van der Waals surface area contributed by atoms with Crippen LogP contribution in [-0.4, -0.2) is 31.6 Å². The number of rotatable bonds is 6. The number of carbonyl (C=O) groups excluding carboxylic acids is 1. The second-order valence-electron chi connectivity index (χ2n) is 9.00. The number of amides is 1. The van der Waals surface area contributed by atoms with E-state index in [1.54, 1.807) is 31.3 Å². The zero-order valence-corrected chi connectivity index (χ0v) is 21.3. The Bertz CT molecular complexity index is 1560. The van der Waals surface area contributed by atoms with Crippen LogP contribution < -0.4 is 14.9 Å². The van der Waals surface area contributed by atoms with Crippen LogP contribution in [0.5, 0.6) is 11.5 Å². The number of nitrogens with zero attached hydrogens (tertiary/aromatic N) is 1. The number of halogens is 1. The average Bonchev–Trinajstić information content (AvgIpc) is 3.15. The van der Waals surface area contributed by atoms with Crippen molar-refractivity contribution in [1.82, 2.24) is 4.90 Å². The number of aryl methyl sites for hydroxylation is 2. The molecule has 0 bridgehead atoms. The Morgan fingerprint density at radius 3 is 2.42 bits per heavy atom. The molecular weight excluding hydrogens is 478 g/mol. The lowest BCUT2D eigenvalue weighted by atomic mass is 9.97. The van der Waals surface area contributed by atoms with E-state index in [4.69, 9.17) is 25.5 Å². The first-order valence-electron chi connectivity index (χ1n) is 11.7. The standard InChI is InChI=1S/C29H26ClNO5/c1-16-12-21-23(13-17(16)2)36-28-25(27(21)32)26(19-6-5-7-20(30)15-19)31(29(28)33)11-10-18-8-9-22(34-3)24(14-18)35-4/h5-9,12-15,26H,10-11H2,1-4H3. The van der Waals surface area contributed by atoms with Gasteiger partial charge in [0.2, 0.25) is 5.76 Å². The van der Waals surface area contributed by atoms with Gasteiger partial charge in [-0.15, -0.1) is 0 Å². The average molecular weight is 504 g/mol. The van der Waals surface area contributed by atoms with Crippen LogP contribution in [0.4, 0.5) is 0 Å². The molecule has 36 heavy (non-hydrogen) atoms. The molecule has 2 heterocycles. The summed E-state index contributed by atoms with van der Waals surface area (Å²) in [6.07, 6.45) is 0.545. The maximum atomic E-state index is 13.8. The van der Waals surface area contributed by atoms with Crippen molar-refractivity contribution in [2.45, 2.75) is 26.3 Å². The van der Waals surface area contributed by atoms with Gasteiger partial charge in [0.1, 0.15) is 5.58 Å². The van der Waals surface area contributed by atoms with Gasteiger partial charge in [-0.2, -0.15) is 0 Å². The Labute approximate surface area is 214 Å². The van der Waals surface area contributed by atoms with Crippen LogP contribution in [-0.2, 0) is 6.42 Å². The number of benzene rings is 3. The zero-order chi connectivity index (χ0) is 25.6. The molecule has 3 aromatic carbocycles. The Kier molecular flexibility index (Phi) is 6.22. The van der Waals surface area contributed by atoms with Crippen molar-refractivity contribution in [3.8, 4) is 11.5 Å². The van der Waals surface area contributed by atoms with Crippen molar-refractivity contribution in [3.05, 3.63) is 103 Å². The van der Waals surface area contributed by atoms with Crippen LogP contribution in [0.2, 0.25) is 5.02 Å². The summed E-state index contributed by atoms with van der Waals surface area (Å²) in [6.45, 7) is 4.27. The third-order valence-corrected chi connectivity index (χ3v) is 7.07. The lowest BCUT2D eigenvalue weighted by molar-refractivity contribution is 0.0730. The summed E-state index contributed by atoms with van der Waals surface area (Å²) in [5, 5.41) is 1.00. The van der Waals surface area contributed by atoms with Crippen LogP contribution in [0.1, 0.15) is 44.4 Å². The molecule has 184 valence electrons. The van der Waals surface area contributed by atoms with Gasteiger partial charge in [-0.1, -0.05) is 29.8 Å². The quantitative estimate of drug-likeness (QED) is 0.329. The third-order valence-electron chi connectivity index (χ3n) is 6.84. The van der Waals surface area contributed by atoms with Gasteiger partial charge < -0.3 is 18.8 Å². The highest BCUT2D eigenvalue weighted by molar-refractivity contribution is 6.30. The van der Waals surface area contributed by atoms with E-state index < -0.39 is 6.04 Å². The van der Waals surface area contributed by atoms with Gasteiger partial charge in [-0.05, 0) is 78.9 Å². The summed E-state index contributed by atoms with van der Waals surface area (Å²) >= 11 is 6.31. The minimum atomic E-state index is -0.603. The zero-order valence-electron chi connectivity index (χ0n) is 20.6. The SMILES string of the molecule is COc1ccc(CCN2C(=O)c3oc4cc(C)c(C)cc4c(=O)c3C2c2cccc(Cl)c2)cc1OC. The maximum absolute atomic E-state index is 13.8. The fraction of sp³-hybridized carbons (Fsp3) is 0.241. The summed E-state index contributed by atoms with van der Waals surface area (Å²) in [4.78, 5) is 29.1. The molecule has 1 aliphatic rings. The molecule has 7 heteroatoms. The summed E-state index contributed by atoms with van der Waals surface area (Å²) in [7, 11) is 3.17. The molecule has 5 rings (SSSR count). The Morgan fingerprint density at radius 2 is 1.69 bits per heavy atom. The Morgan fingerprint density at radius 1 is 0.944 bits per heavy atom. The number of methoxy groups -OCH3 is 2. The van der Waals surface area contributed by atoms with E-state index in [0.717, 1.165) is 22.3 Å². The van der Waals surface area contributed by atoms with Gasteiger partial charge in [0, 0.05) is 11.6 Å². The molecule has 0 aliphatic carbocycles. The molecule has 1 aliphatic heterocycles. The highest BCUT2D eigenvalue weighted by Crippen LogP contribution is 2.39. The molecular formula is C29H26ClNO5. The van der Waals surface area contributed by atoms with E-state index in [1.165, 1.54) is 0 Å². The Balaban J connectivity index is 1.61. The molecule has 1 amide bonds. The van der Waals surface area contributed by atoms with Gasteiger partial charge in [0.05, 0.1) is 31.2 Å². The largest absolute Gasteiger partial charge is 0.493 e. The van der Waals surface area contributed by atoms with Gasteiger partial charge in [-0.25, -0.2) is 0 Å². The highest BCUT2D eigenvalue weighted by atomic mass is 35.5. The highest BCUT2D eigenvalue weighted by Gasteiger charge is 2.42. The molecule has 0 radical (unpaired) electrons. The van der Waals surface area contributed by atoms with Crippen molar-refractivity contribution < 1.29 is 18.7 Å². The minimum absolute atomic E-state index is 0.0908. The van der Waals surface area contributed by atoms with E-state index in [1.807, 2.05) is 56.3 Å². The van der Waals surface area contributed by atoms with E-state index in [-0.39, 0.29) is 17.1 Å². The van der Waals surface area contributed by atoms with Crippen molar-refractivity contribution in [3.63, 3.8) is 0 Å². The molecule has 4 aromatic rings. The lowest BCUT2D eigenvalue weighted by Gasteiger charge is -2.25. The van der Waals surface area contributed by atoms with Crippen molar-refractivity contribution in [1.29, 1.82) is 0 Å². The van der Waals surface area contributed by atoms with Gasteiger partial charge in [-0.3, -0.25) is 9.59 Å². The monoisotopic (exact) mass is 503 g/mol. The predicted molar refractivity (Wildman–Crippen MR) is 140 cm³/mol. The van der Waals surface area contributed by atoms with E-state index >= 15 is 0 Å². The van der Waals surface area contributed by atoms with Crippen LogP contribution in [0.15, 0.2) is 63.8 Å². The topological polar surface area (TPSA) is 69.0 Å². The molecule has 0 N–H and O–H groups in total. The van der Waals surface area contributed by atoms with E-state index in [9.17, 15) is 9.59 Å². The summed E-state index contributed by atoms with van der Waals surface area (Å²) in [6, 6.07) is 16.0. The van der Waals surface area contributed by atoms with E-state index in [0.29, 0.717) is 46.0 Å². The third kappa shape index (κ3) is 4.01. The van der Waals surface area contributed by atoms with Crippen LogP contribution in [0.25, 0.3) is 11.0 Å². The smallest absolute Gasteiger partial charge is 0.290 e. The number of hydrogen-bond donors (Lipinski definition) is 0. The number of fused-ring (bicyclic) bond motifs is 2. The molecule has 1 aromatic heterocycles. The molecule has 6 nitrogen and oxygen atoms in total. The summed E-state index contributed by atoms with van der Waals surface area (Å²) in [5.41, 5.74) is 4.29. The lowest BCUT2D eigenvalue weighted by Crippen LogP contribution is -2.31. The molecule has 0 spiro atoms. The second-order valence-corrected chi connectivity index (χ2v) is 9.44. The fourth-order valence-electron chi connectivity index (χ4n) is 4.82. The first-order valence-corrected chi connectivity index (χ1v) is 12.1. The fourth-order valence-corrected chi connectivity index (χ4v) is 5.01. The minimum Gasteiger partial charge on any atom is -0.493 e. The molecule has 1 unspecified atom stereocenters. The molecule has 0 saturated carbocycles. The summed E-state index contributed by atoms with van der Waals surface area (Å²) in [5.74, 6) is 1.03. The predicted octanol–water partition coefficient (Wildman–Crippen LogP) is 5.87. The number of carbonyl (C=O) groups is 1. The normalized spacial score (nSPS) is 14.9. The van der Waals surface area contributed by atoms with E-state index in [2.05, 4.69) is 0 Å². The van der Waals surface area contributed by atoms with Gasteiger partial charge in [0.15, 0.2) is 16.9 Å². The number of hydrogen-bond acceptors (Lipinski definition) is 5. The molecule has 0 fully saturated rings. The van der Waals surface area contributed by atoms with Crippen molar-refractivity contribution in [2.24, 2.45) is 0 Å². The van der Waals surface area contributed by atoms with Gasteiger partial charge >= 0.3 is 0 Å². The first kappa shape index (κ1) is 23.9. The van der Waals surface area contributed by atoms with Crippen molar-refractivity contribution in [2.75, 3.05) is 20.8 Å². The second kappa shape index (κ2) is 9.36. The summed E-state index contributed by atoms with van der Waals surface area (Å²) < 4.78 is 16.9. The van der Waals surface area contributed by atoms with Gasteiger partial charge in [0.25, 0.3) is 5.91 Å². The van der Waals surface area contributed by atoms with Crippen molar-refractivity contribution >= 4 is 28.5 Å². The molecule has 0 saturated heterocycles. The molecule has 1 atom stereocenters.